The average molecular weight is 245 g/mol. The van der Waals surface area contributed by atoms with Gasteiger partial charge >= 0.3 is 5.97 Å². The first kappa shape index (κ1) is 12.3. The fourth-order valence-corrected chi connectivity index (χ4v) is 1.73. The van der Waals surface area contributed by atoms with Crippen LogP contribution in [0.25, 0.3) is 10.9 Å². The molecule has 0 amide bonds. The molecule has 0 spiro atoms. The maximum Gasteiger partial charge on any atom is 0.323 e. The van der Waals surface area contributed by atoms with E-state index in [1.165, 1.54) is 0 Å². The number of rotatable bonds is 4. The highest BCUT2D eigenvalue weighted by molar-refractivity contribution is 5.79. The molecule has 0 fully saturated rings. The maximum absolute atomic E-state index is 10.9. The van der Waals surface area contributed by atoms with Crippen molar-refractivity contribution in [2.75, 3.05) is 11.4 Å². The molecule has 0 atom stereocenters. The van der Waals surface area contributed by atoms with Crippen LogP contribution in [-0.4, -0.2) is 33.6 Å². The summed E-state index contributed by atoms with van der Waals surface area (Å²) in [4.78, 5) is 21.1. The van der Waals surface area contributed by atoms with Gasteiger partial charge in [0.2, 0.25) is 5.95 Å². The highest BCUT2D eigenvalue weighted by Gasteiger charge is 2.16. The van der Waals surface area contributed by atoms with Crippen LogP contribution >= 0.6 is 0 Å². The third kappa shape index (κ3) is 2.56. The Balaban J connectivity index is 2.41. The number of fused-ring (bicyclic) bond motifs is 1. The molecule has 0 unspecified atom stereocenters. The molecule has 18 heavy (non-hydrogen) atoms. The highest BCUT2D eigenvalue weighted by atomic mass is 16.4. The zero-order valence-electron chi connectivity index (χ0n) is 10.4. The number of carbonyl (C=O) groups is 1. The summed E-state index contributed by atoms with van der Waals surface area (Å²) >= 11 is 0. The van der Waals surface area contributed by atoms with Crippen molar-refractivity contribution in [1.29, 1.82) is 0 Å². The summed E-state index contributed by atoms with van der Waals surface area (Å²) in [5, 5.41) is 9.85. The van der Waals surface area contributed by atoms with Crippen LogP contribution in [0.3, 0.4) is 0 Å². The fraction of sp³-hybridized carbons (Fsp3) is 0.308. The van der Waals surface area contributed by atoms with Gasteiger partial charge in [-0.15, -0.1) is 0 Å². The van der Waals surface area contributed by atoms with Gasteiger partial charge in [-0.25, -0.2) is 9.97 Å². The van der Waals surface area contributed by atoms with Gasteiger partial charge in [-0.05, 0) is 19.9 Å². The van der Waals surface area contributed by atoms with Crippen LogP contribution in [0, 0.1) is 0 Å². The number of aliphatic carboxylic acids is 1. The van der Waals surface area contributed by atoms with Crippen molar-refractivity contribution in [3.8, 4) is 0 Å². The van der Waals surface area contributed by atoms with E-state index in [1.807, 2.05) is 38.1 Å². The van der Waals surface area contributed by atoms with E-state index in [0.717, 1.165) is 10.9 Å². The minimum absolute atomic E-state index is 0.0299. The number of benzene rings is 1. The average Bonchev–Trinajstić information content (AvgIpc) is 2.35. The molecule has 1 aromatic carbocycles. The quantitative estimate of drug-likeness (QED) is 0.891. The topological polar surface area (TPSA) is 66.3 Å². The molecule has 0 saturated carbocycles. The molecular weight excluding hydrogens is 230 g/mol. The predicted octanol–water partition coefficient (Wildman–Crippen LogP) is 1.93. The Bertz CT molecular complexity index is 569. The summed E-state index contributed by atoms with van der Waals surface area (Å²) in [5.74, 6) is -0.438. The fourth-order valence-electron chi connectivity index (χ4n) is 1.73. The Morgan fingerprint density at radius 2 is 2.11 bits per heavy atom. The molecule has 94 valence electrons. The van der Waals surface area contributed by atoms with Gasteiger partial charge in [-0.3, -0.25) is 4.79 Å². The number of carboxylic acid groups (broad SMARTS) is 1. The normalized spacial score (nSPS) is 10.8. The third-order valence-corrected chi connectivity index (χ3v) is 2.66. The molecule has 5 heteroatoms. The lowest BCUT2D eigenvalue weighted by Gasteiger charge is -2.24. The van der Waals surface area contributed by atoms with Gasteiger partial charge in [0.1, 0.15) is 6.54 Å². The van der Waals surface area contributed by atoms with E-state index in [0.29, 0.717) is 5.95 Å². The van der Waals surface area contributed by atoms with Crippen molar-refractivity contribution in [3.05, 3.63) is 30.5 Å². The molecule has 0 aliphatic carbocycles. The van der Waals surface area contributed by atoms with E-state index in [2.05, 4.69) is 9.97 Å². The van der Waals surface area contributed by atoms with Gasteiger partial charge < -0.3 is 10.0 Å². The van der Waals surface area contributed by atoms with Gasteiger partial charge in [0.25, 0.3) is 0 Å². The van der Waals surface area contributed by atoms with Crippen LogP contribution in [0.2, 0.25) is 0 Å². The molecule has 2 aromatic rings. The third-order valence-electron chi connectivity index (χ3n) is 2.66. The second kappa shape index (κ2) is 5.00. The molecule has 0 bridgehead atoms. The first-order valence-corrected chi connectivity index (χ1v) is 5.78. The van der Waals surface area contributed by atoms with Gasteiger partial charge in [-0.2, -0.15) is 0 Å². The van der Waals surface area contributed by atoms with E-state index in [4.69, 9.17) is 5.11 Å². The molecular formula is C13H15N3O2. The largest absolute Gasteiger partial charge is 0.480 e. The molecule has 2 rings (SSSR count). The van der Waals surface area contributed by atoms with E-state index < -0.39 is 5.97 Å². The molecule has 5 nitrogen and oxygen atoms in total. The molecule has 0 aliphatic heterocycles. The summed E-state index contributed by atoms with van der Waals surface area (Å²) in [6.45, 7) is 3.74. The summed E-state index contributed by atoms with van der Waals surface area (Å²) in [6.07, 6.45) is 1.72. The molecule has 1 N–H and O–H groups in total. The van der Waals surface area contributed by atoms with E-state index in [-0.39, 0.29) is 12.6 Å². The Morgan fingerprint density at radius 1 is 1.39 bits per heavy atom. The van der Waals surface area contributed by atoms with E-state index >= 15 is 0 Å². The van der Waals surface area contributed by atoms with Crippen LogP contribution in [0.1, 0.15) is 13.8 Å². The SMILES string of the molecule is CC(C)N(CC(=O)O)c1ncc2ccccc2n1. The second-order valence-corrected chi connectivity index (χ2v) is 4.34. The van der Waals surface area contributed by atoms with Crippen LogP contribution in [-0.2, 0) is 4.79 Å². The summed E-state index contributed by atoms with van der Waals surface area (Å²) in [7, 11) is 0. The number of nitrogens with zero attached hydrogens (tertiary/aromatic N) is 3. The summed E-state index contributed by atoms with van der Waals surface area (Å²) < 4.78 is 0. The van der Waals surface area contributed by atoms with Gasteiger partial charge in [0.05, 0.1) is 5.52 Å². The van der Waals surface area contributed by atoms with E-state index in [1.54, 1.807) is 11.1 Å². The zero-order valence-corrected chi connectivity index (χ0v) is 10.4. The van der Waals surface area contributed by atoms with Crippen LogP contribution in [0.4, 0.5) is 5.95 Å². The van der Waals surface area contributed by atoms with Crippen LogP contribution < -0.4 is 4.90 Å². The molecule has 1 heterocycles. The second-order valence-electron chi connectivity index (χ2n) is 4.34. The number of anilines is 1. The number of hydrogen-bond acceptors (Lipinski definition) is 4. The number of carboxylic acids is 1. The van der Waals surface area contributed by atoms with Crippen molar-refractivity contribution in [2.45, 2.75) is 19.9 Å². The van der Waals surface area contributed by atoms with Crippen molar-refractivity contribution < 1.29 is 9.90 Å². The number of hydrogen-bond donors (Lipinski definition) is 1. The molecule has 0 aliphatic rings. The molecule has 0 radical (unpaired) electrons. The predicted molar refractivity (Wildman–Crippen MR) is 69.7 cm³/mol. The van der Waals surface area contributed by atoms with Crippen LogP contribution in [0.5, 0.6) is 0 Å². The molecule has 0 saturated heterocycles. The standard InChI is InChI=1S/C13H15N3O2/c1-9(2)16(8-12(17)18)13-14-7-10-5-3-4-6-11(10)15-13/h3-7,9H,8H2,1-2H3,(H,17,18). The van der Waals surface area contributed by atoms with Gasteiger partial charge in [0.15, 0.2) is 0 Å². The maximum atomic E-state index is 10.9. The summed E-state index contributed by atoms with van der Waals surface area (Å²) in [5.41, 5.74) is 0.818. The Labute approximate surface area is 105 Å². The monoisotopic (exact) mass is 245 g/mol. The van der Waals surface area contributed by atoms with Crippen molar-refractivity contribution >= 4 is 22.8 Å². The van der Waals surface area contributed by atoms with Crippen LogP contribution in [0.15, 0.2) is 30.5 Å². The Hall–Kier alpha value is -2.17. The first-order valence-electron chi connectivity index (χ1n) is 5.78. The Kier molecular flexibility index (Phi) is 3.41. The van der Waals surface area contributed by atoms with E-state index in [9.17, 15) is 4.79 Å². The van der Waals surface area contributed by atoms with Gasteiger partial charge in [0, 0.05) is 17.6 Å². The Morgan fingerprint density at radius 3 is 2.78 bits per heavy atom. The van der Waals surface area contributed by atoms with Crippen molar-refractivity contribution in [1.82, 2.24) is 9.97 Å². The lowest BCUT2D eigenvalue weighted by Crippen LogP contribution is -2.36. The first-order chi connectivity index (χ1) is 8.58. The molecule has 1 aromatic heterocycles. The minimum Gasteiger partial charge on any atom is -0.480 e. The number of para-hydroxylation sites is 1. The number of aromatic nitrogens is 2. The lowest BCUT2D eigenvalue weighted by molar-refractivity contribution is -0.135. The van der Waals surface area contributed by atoms with Crippen molar-refractivity contribution in [3.63, 3.8) is 0 Å². The summed E-state index contributed by atoms with van der Waals surface area (Å²) in [6, 6.07) is 7.66. The lowest BCUT2D eigenvalue weighted by atomic mass is 10.2. The van der Waals surface area contributed by atoms with Crippen molar-refractivity contribution in [2.24, 2.45) is 0 Å². The van der Waals surface area contributed by atoms with Gasteiger partial charge in [-0.1, -0.05) is 18.2 Å². The minimum atomic E-state index is -0.888. The smallest absolute Gasteiger partial charge is 0.323 e. The zero-order chi connectivity index (χ0) is 13.1. The highest BCUT2D eigenvalue weighted by Crippen LogP contribution is 2.16.